The van der Waals surface area contributed by atoms with Crippen molar-refractivity contribution in [1.82, 2.24) is 4.90 Å². The van der Waals surface area contributed by atoms with Crippen LogP contribution < -0.4 is 10.5 Å². The van der Waals surface area contributed by atoms with Gasteiger partial charge in [-0.2, -0.15) is 0 Å². The summed E-state index contributed by atoms with van der Waals surface area (Å²) in [6.45, 7) is 2.71. The Hall–Kier alpha value is -1.71. The van der Waals surface area contributed by atoms with Crippen LogP contribution in [0.1, 0.15) is 31.2 Å². The van der Waals surface area contributed by atoms with Crippen molar-refractivity contribution in [3.05, 3.63) is 29.8 Å². The first-order chi connectivity index (χ1) is 9.29. The van der Waals surface area contributed by atoms with E-state index in [0.717, 1.165) is 24.4 Å². The van der Waals surface area contributed by atoms with Gasteiger partial charge in [0.1, 0.15) is 5.75 Å². The first-order valence-electron chi connectivity index (χ1n) is 6.97. The molecule has 0 radical (unpaired) electrons. The van der Waals surface area contributed by atoms with Crippen molar-refractivity contribution in [3.8, 4) is 5.75 Å². The van der Waals surface area contributed by atoms with Gasteiger partial charge >= 0.3 is 0 Å². The van der Waals surface area contributed by atoms with Crippen LogP contribution in [-0.2, 0) is 6.54 Å². The van der Waals surface area contributed by atoms with Crippen molar-refractivity contribution in [1.29, 1.82) is 0 Å². The molecule has 1 fully saturated rings. The smallest absolute Gasteiger partial charge is 0.191 e. The van der Waals surface area contributed by atoms with Gasteiger partial charge in [-0.1, -0.05) is 25.0 Å². The summed E-state index contributed by atoms with van der Waals surface area (Å²) in [6.07, 6.45) is 5.06. The number of nitrogens with zero attached hydrogens (tertiary/aromatic N) is 2. The molecule has 1 aromatic rings. The summed E-state index contributed by atoms with van der Waals surface area (Å²) >= 11 is 0. The summed E-state index contributed by atoms with van der Waals surface area (Å²) in [5.74, 6) is 1.55. The molecule has 19 heavy (non-hydrogen) atoms. The maximum absolute atomic E-state index is 6.07. The van der Waals surface area contributed by atoms with Crippen molar-refractivity contribution in [2.45, 2.75) is 32.2 Å². The third kappa shape index (κ3) is 4.16. The largest absolute Gasteiger partial charge is 0.497 e. The molecular weight excluding hydrogens is 238 g/mol. The summed E-state index contributed by atoms with van der Waals surface area (Å²) < 4.78 is 5.14. The van der Waals surface area contributed by atoms with Crippen molar-refractivity contribution >= 4 is 5.96 Å². The normalized spacial score (nSPS) is 17.1. The van der Waals surface area contributed by atoms with Gasteiger partial charge in [-0.3, -0.25) is 0 Å². The molecule has 2 N–H and O–H groups in total. The number of hydrogen-bond donors (Lipinski definition) is 1. The molecule has 0 amide bonds. The molecule has 1 aliphatic heterocycles. The third-order valence-electron chi connectivity index (χ3n) is 3.51. The second-order valence-electron chi connectivity index (χ2n) is 4.92. The summed E-state index contributed by atoms with van der Waals surface area (Å²) in [7, 11) is 1.67. The van der Waals surface area contributed by atoms with Crippen LogP contribution in [0.3, 0.4) is 0 Å². The lowest BCUT2D eigenvalue weighted by Gasteiger charge is -2.21. The number of nitrogens with two attached hydrogens (primary N) is 1. The minimum Gasteiger partial charge on any atom is -0.497 e. The van der Waals surface area contributed by atoms with Gasteiger partial charge in [0.2, 0.25) is 0 Å². The number of ether oxygens (including phenoxy) is 1. The highest BCUT2D eigenvalue weighted by Crippen LogP contribution is 2.13. The fourth-order valence-electron chi connectivity index (χ4n) is 2.30. The van der Waals surface area contributed by atoms with E-state index in [9.17, 15) is 0 Å². The Morgan fingerprint density at radius 2 is 1.79 bits per heavy atom. The number of benzene rings is 1. The molecule has 104 valence electrons. The number of methoxy groups -OCH3 is 1. The van der Waals surface area contributed by atoms with E-state index in [4.69, 9.17) is 10.5 Å². The molecule has 0 unspecified atom stereocenters. The average Bonchev–Trinajstić information content (AvgIpc) is 2.74. The van der Waals surface area contributed by atoms with Gasteiger partial charge in [-0.15, -0.1) is 0 Å². The van der Waals surface area contributed by atoms with E-state index in [-0.39, 0.29) is 0 Å². The van der Waals surface area contributed by atoms with Crippen LogP contribution in [-0.4, -0.2) is 31.1 Å². The molecule has 1 saturated heterocycles. The Morgan fingerprint density at radius 1 is 1.16 bits per heavy atom. The van der Waals surface area contributed by atoms with Crippen LogP contribution in [0, 0.1) is 0 Å². The number of rotatable bonds is 3. The molecule has 0 saturated carbocycles. The number of aliphatic imine (C=N–C) groups is 1. The zero-order valence-corrected chi connectivity index (χ0v) is 11.6. The van der Waals surface area contributed by atoms with Gasteiger partial charge in [-0.25, -0.2) is 4.99 Å². The topological polar surface area (TPSA) is 50.9 Å². The van der Waals surface area contributed by atoms with Crippen molar-refractivity contribution in [3.63, 3.8) is 0 Å². The van der Waals surface area contributed by atoms with Crippen LogP contribution >= 0.6 is 0 Å². The molecule has 2 rings (SSSR count). The maximum Gasteiger partial charge on any atom is 0.191 e. The van der Waals surface area contributed by atoms with E-state index in [1.807, 2.05) is 24.3 Å². The molecule has 4 nitrogen and oxygen atoms in total. The number of guanidine groups is 1. The molecule has 1 heterocycles. The predicted molar refractivity (Wildman–Crippen MR) is 78.4 cm³/mol. The lowest BCUT2D eigenvalue weighted by molar-refractivity contribution is 0.414. The number of hydrogen-bond acceptors (Lipinski definition) is 2. The maximum atomic E-state index is 6.07. The summed E-state index contributed by atoms with van der Waals surface area (Å²) in [6, 6.07) is 7.95. The fourth-order valence-corrected chi connectivity index (χ4v) is 2.30. The van der Waals surface area contributed by atoms with E-state index in [0.29, 0.717) is 12.5 Å². The molecule has 4 heteroatoms. The van der Waals surface area contributed by atoms with Crippen LogP contribution in [0.2, 0.25) is 0 Å². The quantitative estimate of drug-likeness (QED) is 0.671. The SMILES string of the molecule is COc1ccc(CN=C(N)N2CCCCCC2)cc1. The van der Waals surface area contributed by atoms with E-state index < -0.39 is 0 Å². The molecule has 1 aliphatic rings. The average molecular weight is 261 g/mol. The zero-order chi connectivity index (χ0) is 13.5. The highest BCUT2D eigenvalue weighted by Gasteiger charge is 2.10. The van der Waals surface area contributed by atoms with E-state index in [2.05, 4.69) is 9.89 Å². The molecule has 0 atom stereocenters. The molecule has 0 aromatic heterocycles. The summed E-state index contributed by atoms with van der Waals surface area (Å²) in [5, 5.41) is 0. The van der Waals surface area contributed by atoms with Crippen LogP contribution in [0.25, 0.3) is 0 Å². The highest BCUT2D eigenvalue weighted by molar-refractivity contribution is 5.78. The van der Waals surface area contributed by atoms with Crippen LogP contribution in [0.15, 0.2) is 29.3 Å². The van der Waals surface area contributed by atoms with Crippen molar-refractivity contribution in [2.24, 2.45) is 10.7 Å². The van der Waals surface area contributed by atoms with Crippen LogP contribution in [0.4, 0.5) is 0 Å². The monoisotopic (exact) mass is 261 g/mol. The van der Waals surface area contributed by atoms with Gasteiger partial charge in [0, 0.05) is 13.1 Å². The Balaban J connectivity index is 1.92. The lowest BCUT2D eigenvalue weighted by Crippen LogP contribution is -2.38. The molecule has 0 spiro atoms. The molecule has 0 aliphatic carbocycles. The Morgan fingerprint density at radius 3 is 2.37 bits per heavy atom. The fraction of sp³-hybridized carbons (Fsp3) is 0.533. The Bertz CT molecular complexity index is 406. The van der Waals surface area contributed by atoms with Crippen LogP contribution in [0.5, 0.6) is 5.75 Å². The van der Waals surface area contributed by atoms with Gasteiger partial charge in [0.05, 0.1) is 13.7 Å². The van der Waals surface area contributed by atoms with Gasteiger partial charge in [-0.05, 0) is 30.5 Å². The lowest BCUT2D eigenvalue weighted by atomic mass is 10.2. The third-order valence-corrected chi connectivity index (χ3v) is 3.51. The first kappa shape index (κ1) is 13.7. The highest BCUT2D eigenvalue weighted by atomic mass is 16.5. The number of likely N-dealkylation sites (tertiary alicyclic amines) is 1. The second-order valence-corrected chi connectivity index (χ2v) is 4.92. The minimum absolute atomic E-state index is 0.631. The van der Waals surface area contributed by atoms with Crippen molar-refractivity contribution < 1.29 is 4.74 Å². The summed E-state index contributed by atoms with van der Waals surface area (Å²) in [4.78, 5) is 6.70. The molecule has 0 bridgehead atoms. The van der Waals surface area contributed by atoms with Gasteiger partial charge < -0.3 is 15.4 Å². The summed E-state index contributed by atoms with van der Waals surface area (Å²) in [5.41, 5.74) is 7.22. The van der Waals surface area contributed by atoms with Crippen molar-refractivity contribution in [2.75, 3.05) is 20.2 Å². The Kier molecular flexibility index (Phi) is 5.07. The first-order valence-corrected chi connectivity index (χ1v) is 6.97. The standard InChI is InChI=1S/C15H23N3O/c1-19-14-8-6-13(7-9-14)12-17-15(16)18-10-4-2-3-5-11-18/h6-9H,2-5,10-12H2,1H3,(H2,16,17). The molecular formula is C15H23N3O. The van der Waals surface area contributed by atoms with Gasteiger partial charge in [0.15, 0.2) is 5.96 Å². The van der Waals surface area contributed by atoms with E-state index in [1.165, 1.54) is 25.7 Å². The minimum atomic E-state index is 0.631. The Labute approximate surface area is 115 Å². The predicted octanol–water partition coefficient (Wildman–Crippen LogP) is 2.39. The molecule has 1 aromatic carbocycles. The zero-order valence-electron chi connectivity index (χ0n) is 11.6. The van der Waals surface area contributed by atoms with Gasteiger partial charge in [0.25, 0.3) is 0 Å². The van der Waals surface area contributed by atoms with E-state index in [1.54, 1.807) is 7.11 Å². The second kappa shape index (κ2) is 7.02. The van der Waals surface area contributed by atoms with E-state index >= 15 is 0 Å².